The zero-order valence-corrected chi connectivity index (χ0v) is 18.5. The largest absolute Gasteiger partial charge is 0.489 e. The van der Waals surface area contributed by atoms with E-state index in [2.05, 4.69) is 32.8 Å². The molecule has 1 aliphatic heterocycles. The smallest absolute Gasteiger partial charge is 0.234 e. The third-order valence-corrected chi connectivity index (χ3v) is 5.05. The van der Waals surface area contributed by atoms with E-state index in [1.54, 1.807) is 7.05 Å². The Morgan fingerprint density at radius 1 is 1.28 bits per heavy atom. The van der Waals surface area contributed by atoms with Gasteiger partial charge in [0, 0.05) is 37.7 Å². The number of guanidine groups is 1. The second kappa shape index (κ2) is 12.5. The highest BCUT2D eigenvalue weighted by molar-refractivity contribution is 6.30. The van der Waals surface area contributed by atoms with Crippen molar-refractivity contribution in [3.63, 3.8) is 0 Å². The number of nitrogens with zero attached hydrogens (tertiary/aromatic N) is 2. The average Bonchev–Trinajstić information content (AvgIpc) is 2.72. The Labute approximate surface area is 179 Å². The van der Waals surface area contributed by atoms with Crippen LogP contribution in [0.4, 0.5) is 0 Å². The third kappa shape index (κ3) is 8.92. The lowest BCUT2D eigenvalue weighted by Gasteiger charge is -2.32. The molecule has 0 saturated carbocycles. The Kier molecular flexibility index (Phi) is 10.1. The lowest BCUT2D eigenvalue weighted by molar-refractivity contribution is -0.122. The molecule has 7 nitrogen and oxygen atoms in total. The topological polar surface area (TPSA) is 78.0 Å². The van der Waals surface area contributed by atoms with Gasteiger partial charge in [-0.1, -0.05) is 18.5 Å². The van der Waals surface area contributed by atoms with E-state index in [0.29, 0.717) is 24.2 Å². The van der Waals surface area contributed by atoms with Gasteiger partial charge in [0.2, 0.25) is 5.91 Å². The van der Waals surface area contributed by atoms with Crippen LogP contribution in [0.5, 0.6) is 5.75 Å². The molecule has 1 saturated heterocycles. The number of nitrogens with one attached hydrogen (secondary N) is 3. The van der Waals surface area contributed by atoms with E-state index in [1.165, 1.54) is 0 Å². The maximum absolute atomic E-state index is 11.9. The van der Waals surface area contributed by atoms with Crippen LogP contribution in [0.25, 0.3) is 0 Å². The number of ether oxygens (including phenoxy) is 1. The van der Waals surface area contributed by atoms with Gasteiger partial charge in [0.05, 0.1) is 13.1 Å². The standard InChI is InChI=1S/C21H34ClN5O2/c1-4-11-24-20(28)15-27-12-9-18(10-13-27)26-21(23-3)25-14-16(2)29-19-7-5-17(22)6-8-19/h5-8,16,18H,4,9-15H2,1-3H3,(H,24,28)(H2,23,25,26). The molecule has 2 rings (SSSR count). The van der Waals surface area contributed by atoms with Crippen LogP contribution in [0.1, 0.15) is 33.1 Å². The Bertz CT molecular complexity index is 645. The highest BCUT2D eigenvalue weighted by atomic mass is 35.5. The first kappa shape index (κ1) is 23.3. The molecular formula is C21H34ClN5O2. The fraction of sp³-hybridized carbons (Fsp3) is 0.619. The van der Waals surface area contributed by atoms with E-state index in [4.69, 9.17) is 16.3 Å². The summed E-state index contributed by atoms with van der Waals surface area (Å²) in [6.45, 7) is 7.76. The minimum Gasteiger partial charge on any atom is -0.489 e. The van der Waals surface area contributed by atoms with Gasteiger partial charge in [-0.3, -0.25) is 14.7 Å². The van der Waals surface area contributed by atoms with Gasteiger partial charge in [0.1, 0.15) is 11.9 Å². The van der Waals surface area contributed by atoms with E-state index < -0.39 is 0 Å². The minimum atomic E-state index is -0.0155. The third-order valence-electron chi connectivity index (χ3n) is 4.80. The monoisotopic (exact) mass is 423 g/mol. The summed E-state index contributed by atoms with van der Waals surface area (Å²) in [5.41, 5.74) is 0. The molecule has 1 amide bonds. The van der Waals surface area contributed by atoms with Crippen LogP contribution >= 0.6 is 11.6 Å². The second-order valence-corrected chi connectivity index (χ2v) is 7.82. The van der Waals surface area contributed by atoms with E-state index in [-0.39, 0.29) is 12.0 Å². The molecule has 1 aromatic rings. The van der Waals surface area contributed by atoms with Gasteiger partial charge in [0.15, 0.2) is 5.96 Å². The zero-order chi connectivity index (χ0) is 21.1. The Hall–Kier alpha value is -1.99. The van der Waals surface area contributed by atoms with E-state index >= 15 is 0 Å². The fourth-order valence-electron chi connectivity index (χ4n) is 3.17. The molecule has 1 aliphatic rings. The molecule has 162 valence electrons. The van der Waals surface area contributed by atoms with Crippen LogP contribution in [0.15, 0.2) is 29.3 Å². The number of likely N-dealkylation sites (tertiary alicyclic amines) is 1. The summed E-state index contributed by atoms with van der Waals surface area (Å²) in [7, 11) is 1.77. The highest BCUT2D eigenvalue weighted by Gasteiger charge is 2.21. The number of halogens is 1. The molecule has 29 heavy (non-hydrogen) atoms. The molecule has 0 spiro atoms. The summed E-state index contributed by atoms with van der Waals surface area (Å²) in [6, 6.07) is 7.71. The quantitative estimate of drug-likeness (QED) is 0.419. The average molecular weight is 424 g/mol. The first-order valence-electron chi connectivity index (χ1n) is 10.4. The summed E-state index contributed by atoms with van der Waals surface area (Å²) < 4.78 is 5.88. The van der Waals surface area contributed by atoms with E-state index in [9.17, 15) is 4.79 Å². The number of amides is 1. The van der Waals surface area contributed by atoms with Gasteiger partial charge in [-0.2, -0.15) is 0 Å². The van der Waals surface area contributed by atoms with Crippen molar-refractivity contribution in [3.8, 4) is 5.75 Å². The van der Waals surface area contributed by atoms with Gasteiger partial charge in [-0.05, 0) is 50.5 Å². The van der Waals surface area contributed by atoms with Crippen molar-refractivity contribution in [1.29, 1.82) is 0 Å². The number of rotatable bonds is 9. The molecule has 0 bridgehead atoms. The molecule has 8 heteroatoms. The molecule has 3 N–H and O–H groups in total. The fourth-order valence-corrected chi connectivity index (χ4v) is 3.30. The summed E-state index contributed by atoms with van der Waals surface area (Å²) >= 11 is 5.90. The number of piperidine rings is 1. The summed E-state index contributed by atoms with van der Waals surface area (Å²) in [5.74, 6) is 1.68. The lowest BCUT2D eigenvalue weighted by atomic mass is 10.1. The van der Waals surface area contributed by atoms with Crippen LogP contribution in [-0.2, 0) is 4.79 Å². The molecule has 1 fully saturated rings. The van der Waals surface area contributed by atoms with Crippen LogP contribution in [0, 0.1) is 0 Å². The Morgan fingerprint density at radius 3 is 2.59 bits per heavy atom. The Morgan fingerprint density at radius 2 is 1.97 bits per heavy atom. The van der Waals surface area contributed by atoms with Crippen LogP contribution in [0.3, 0.4) is 0 Å². The van der Waals surface area contributed by atoms with Crippen molar-refractivity contribution in [2.45, 2.75) is 45.3 Å². The van der Waals surface area contributed by atoms with Crippen LogP contribution < -0.4 is 20.7 Å². The van der Waals surface area contributed by atoms with Gasteiger partial charge in [-0.25, -0.2) is 0 Å². The summed E-state index contributed by atoms with van der Waals surface area (Å²) in [4.78, 5) is 18.4. The van der Waals surface area contributed by atoms with Gasteiger partial charge >= 0.3 is 0 Å². The minimum absolute atomic E-state index is 0.0155. The van der Waals surface area contributed by atoms with Crippen molar-refractivity contribution in [2.24, 2.45) is 4.99 Å². The number of hydrogen-bond acceptors (Lipinski definition) is 4. The predicted octanol–water partition coefficient (Wildman–Crippen LogP) is 2.26. The summed E-state index contributed by atoms with van der Waals surface area (Å²) in [6.07, 6.45) is 2.92. The lowest BCUT2D eigenvalue weighted by Crippen LogP contribution is -2.51. The van der Waals surface area contributed by atoms with Crippen molar-refractivity contribution in [1.82, 2.24) is 20.9 Å². The maximum atomic E-state index is 11.9. The molecule has 1 unspecified atom stereocenters. The number of hydrogen-bond donors (Lipinski definition) is 3. The van der Waals surface area contributed by atoms with Gasteiger partial charge in [-0.15, -0.1) is 0 Å². The van der Waals surface area contributed by atoms with Crippen LogP contribution in [0.2, 0.25) is 5.02 Å². The predicted molar refractivity (Wildman–Crippen MR) is 119 cm³/mol. The van der Waals surface area contributed by atoms with Gasteiger partial charge < -0.3 is 20.7 Å². The first-order valence-corrected chi connectivity index (χ1v) is 10.8. The van der Waals surface area contributed by atoms with Crippen molar-refractivity contribution >= 4 is 23.5 Å². The second-order valence-electron chi connectivity index (χ2n) is 7.38. The van der Waals surface area contributed by atoms with E-state index in [0.717, 1.165) is 50.6 Å². The molecular weight excluding hydrogens is 390 g/mol. The van der Waals surface area contributed by atoms with Gasteiger partial charge in [0.25, 0.3) is 0 Å². The molecule has 0 aromatic heterocycles. The van der Waals surface area contributed by atoms with Crippen molar-refractivity contribution < 1.29 is 9.53 Å². The highest BCUT2D eigenvalue weighted by Crippen LogP contribution is 2.16. The SMILES string of the molecule is CCCNC(=O)CN1CCC(NC(=NC)NCC(C)Oc2ccc(Cl)cc2)CC1. The molecule has 1 aromatic carbocycles. The zero-order valence-electron chi connectivity index (χ0n) is 17.7. The normalized spacial score (nSPS) is 16.9. The molecule has 1 atom stereocenters. The maximum Gasteiger partial charge on any atom is 0.234 e. The molecule has 0 aliphatic carbocycles. The molecule has 0 radical (unpaired) electrons. The number of carbonyl (C=O) groups is 1. The number of aliphatic imine (C=N–C) groups is 1. The first-order chi connectivity index (χ1) is 14.0. The molecule has 1 heterocycles. The van der Waals surface area contributed by atoms with Crippen molar-refractivity contribution in [3.05, 3.63) is 29.3 Å². The number of benzene rings is 1. The summed E-state index contributed by atoms with van der Waals surface area (Å²) in [5, 5.41) is 10.4. The number of carbonyl (C=O) groups excluding carboxylic acids is 1. The van der Waals surface area contributed by atoms with E-state index in [1.807, 2.05) is 31.2 Å². The van der Waals surface area contributed by atoms with Crippen LogP contribution in [-0.4, -0.2) is 68.7 Å². The Balaban J connectivity index is 1.67. The van der Waals surface area contributed by atoms with Crippen molar-refractivity contribution in [2.75, 3.05) is 39.8 Å².